The molecule has 0 rings (SSSR count). The molecule has 0 fully saturated rings. The Balaban J connectivity index is 3.55. The van der Waals surface area contributed by atoms with Crippen molar-refractivity contribution in [2.75, 3.05) is 6.54 Å². The van der Waals surface area contributed by atoms with Gasteiger partial charge in [0.05, 0.1) is 6.42 Å². The summed E-state index contributed by atoms with van der Waals surface area (Å²) < 4.78 is 0. The van der Waals surface area contributed by atoms with Gasteiger partial charge in [-0.05, 0) is 18.8 Å². The predicted molar refractivity (Wildman–Crippen MR) is 80.8 cm³/mol. The van der Waals surface area contributed by atoms with Crippen LogP contribution in [0, 0.1) is 5.92 Å². The molecule has 0 saturated carbocycles. The average Bonchev–Trinajstić information content (AvgIpc) is 2.35. The Morgan fingerprint density at radius 3 is 2.30 bits per heavy atom. The molecular formula is C15H30N2O3. The number of carboxylic acids is 1. The lowest BCUT2D eigenvalue weighted by Gasteiger charge is -2.15. The topological polar surface area (TPSA) is 78.4 Å². The molecule has 0 aliphatic carbocycles. The summed E-state index contributed by atoms with van der Waals surface area (Å²) in [5.74, 6) is -0.124. The third-order valence-corrected chi connectivity index (χ3v) is 3.24. The van der Waals surface area contributed by atoms with Gasteiger partial charge in [0.25, 0.3) is 0 Å². The summed E-state index contributed by atoms with van der Waals surface area (Å²) in [5, 5.41) is 14.2. The number of unbranched alkanes of at least 4 members (excludes halogenated alkanes) is 3. The standard InChI is InChI=1S/C15H30N2O3/c1-4-13(11-14(18)19)17-15(20)16-10-8-6-5-7-9-12(2)3/h12-13H,4-11H2,1-3H3,(H,18,19)(H2,16,17,20). The smallest absolute Gasteiger partial charge is 0.315 e. The zero-order valence-corrected chi connectivity index (χ0v) is 13.1. The molecule has 5 heteroatoms. The molecule has 1 unspecified atom stereocenters. The fraction of sp³-hybridized carbons (Fsp3) is 0.867. The van der Waals surface area contributed by atoms with Crippen molar-refractivity contribution in [1.29, 1.82) is 0 Å². The van der Waals surface area contributed by atoms with Crippen molar-refractivity contribution < 1.29 is 14.7 Å². The van der Waals surface area contributed by atoms with Crippen LogP contribution in [0.15, 0.2) is 0 Å². The fourth-order valence-electron chi connectivity index (χ4n) is 1.98. The molecule has 2 amide bonds. The van der Waals surface area contributed by atoms with Crippen LogP contribution in [0.3, 0.4) is 0 Å². The highest BCUT2D eigenvalue weighted by Crippen LogP contribution is 2.08. The highest BCUT2D eigenvalue weighted by molar-refractivity contribution is 5.75. The lowest BCUT2D eigenvalue weighted by molar-refractivity contribution is -0.137. The van der Waals surface area contributed by atoms with Gasteiger partial charge in [-0.15, -0.1) is 0 Å². The van der Waals surface area contributed by atoms with Crippen molar-refractivity contribution in [1.82, 2.24) is 10.6 Å². The van der Waals surface area contributed by atoms with E-state index in [1.54, 1.807) is 0 Å². The van der Waals surface area contributed by atoms with Crippen LogP contribution in [-0.4, -0.2) is 29.7 Å². The van der Waals surface area contributed by atoms with Crippen molar-refractivity contribution in [2.24, 2.45) is 5.92 Å². The first-order chi connectivity index (χ1) is 9.45. The summed E-state index contributed by atoms with van der Waals surface area (Å²) in [4.78, 5) is 22.1. The minimum Gasteiger partial charge on any atom is -0.481 e. The Labute approximate surface area is 122 Å². The summed E-state index contributed by atoms with van der Waals surface area (Å²) in [7, 11) is 0. The number of hydrogen-bond donors (Lipinski definition) is 3. The van der Waals surface area contributed by atoms with E-state index in [0.29, 0.717) is 13.0 Å². The lowest BCUT2D eigenvalue weighted by atomic mass is 10.0. The molecule has 0 bridgehead atoms. The molecule has 1 atom stereocenters. The van der Waals surface area contributed by atoms with E-state index in [0.717, 1.165) is 18.8 Å². The van der Waals surface area contributed by atoms with Crippen LogP contribution in [-0.2, 0) is 4.79 Å². The number of hydrogen-bond acceptors (Lipinski definition) is 2. The van der Waals surface area contributed by atoms with Crippen LogP contribution >= 0.6 is 0 Å². The second-order valence-corrected chi connectivity index (χ2v) is 5.70. The molecule has 0 aromatic rings. The molecule has 0 aromatic heterocycles. The Kier molecular flexibility index (Phi) is 10.8. The number of aliphatic carboxylic acids is 1. The highest BCUT2D eigenvalue weighted by Gasteiger charge is 2.13. The van der Waals surface area contributed by atoms with Gasteiger partial charge < -0.3 is 15.7 Å². The zero-order valence-electron chi connectivity index (χ0n) is 13.1. The Hall–Kier alpha value is -1.26. The van der Waals surface area contributed by atoms with Gasteiger partial charge in [-0.3, -0.25) is 4.79 Å². The molecular weight excluding hydrogens is 256 g/mol. The quantitative estimate of drug-likeness (QED) is 0.510. The van der Waals surface area contributed by atoms with Crippen LogP contribution in [0.25, 0.3) is 0 Å². The molecule has 0 radical (unpaired) electrons. The van der Waals surface area contributed by atoms with Gasteiger partial charge in [-0.25, -0.2) is 4.79 Å². The van der Waals surface area contributed by atoms with E-state index < -0.39 is 5.97 Å². The summed E-state index contributed by atoms with van der Waals surface area (Å²) in [6.45, 7) is 6.97. The third kappa shape index (κ3) is 11.8. The number of carbonyl (C=O) groups is 2. The van der Waals surface area contributed by atoms with Crippen molar-refractivity contribution >= 4 is 12.0 Å². The van der Waals surface area contributed by atoms with E-state index >= 15 is 0 Å². The minimum absolute atomic E-state index is 0.0286. The van der Waals surface area contributed by atoms with Gasteiger partial charge in [0, 0.05) is 12.6 Å². The Morgan fingerprint density at radius 2 is 1.75 bits per heavy atom. The normalized spacial score (nSPS) is 12.2. The number of amides is 2. The van der Waals surface area contributed by atoms with Gasteiger partial charge in [-0.2, -0.15) is 0 Å². The van der Waals surface area contributed by atoms with Crippen LogP contribution < -0.4 is 10.6 Å². The average molecular weight is 286 g/mol. The first-order valence-corrected chi connectivity index (χ1v) is 7.71. The van der Waals surface area contributed by atoms with E-state index in [2.05, 4.69) is 24.5 Å². The van der Waals surface area contributed by atoms with E-state index in [1.807, 2.05) is 6.92 Å². The summed E-state index contributed by atoms with van der Waals surface area (Å²) in [5.41, 5.74) is 0. The molecule has 0 heterocycles. The molecule has 0 spiro atoms. The molecule has 0 aromatic carbocycles. The van der Waals surface area contributed by atoms with Gasteiger partial charge in [0.2, 0.25) is 0 Å². The van der Waals surface area contributed by atoms with Gasteiger partial charge in [-0.1, -0.05) is 46.5 Å². The maximum atomic E-state index is 11.6. The van der Waals surface area contributed by atoms with Gasteiger partial charge in [0.15, 0.2) is 0 Å². The monoisotopic (exact) mass is 286 g/mol. The second-order valence-electron chi connectivity index (χ2n) is 5.70. The summed E-state index contributed by atoms with van der Waals surface area (Å²) in [6.07, 6.45) is 6.41. The number of carbonyl (C=O) groups excluding carboxylic acids is 1. The number of urea groups is 1. The summed E-state index contributed by atoms with van der Waals surface area (Å²) >= 11 is 0. The maximum absolute atomic E-state index is 11.6. The summed E-state index contributed by atoms with van der Waals surface area (Å²) in [6, 6.07) is -0.557. The Bertz CT molecular complexity index is 280. The van der Waals surface area contributed by atoms with Crippen LogP contribution in [0.1, 0.15) is 65.7 Å². The molecule has 0 aliphatic rings. The molecule has 20 heavy (non-hydrogen) atoms. The van der Waals surface area contributed by atoms with E-state index in [-0.39, 0.29) is 18.5 Å². The van der Waals surface area contributed by atoms with Crippen LogP contribution in [0.4, 0.5) is 4.79 Å². The Morgan fingerprint density at radius 1 is 1.10 bits per heavy atom. The van der Waals surface area contributed by atoms with Gasteiger partial charge in [0.1, 0.15) is 0 Å². The minimum atomic E-state index is -0.887. The fourth-order valence-corrected chi connectivity index (χ4v) is 1.98. The number of carboxylic acid groups (broad SMARTS) is 1. The molecule has 5 nitrogen and oxygen atoms in total. The number of rotatable bonds is 11. The first kappa shape index (κ1) is 18.7. The maximum Gasteiger partial charge on any atom is 0.315 e. The SMILES string of the molecule is CCC(CC(=O)O)NC(=O)NCCCCCCC(C)C. The number of nitrogens with one attached hydrogen (secondary N) is 2. The van der Waals surface area contributed by atoms with Crippen molar-refractivity contribution in [3.63, 3.8) is 0 Å². The molecule has 118 valence electrons. The molecule has 0 aliphatic heterocycles. The van der Waals surface area contributed by atoms with Crippen molar-refractivity contribution in [2.45, 2.75) is 71.8 Å². The van der Waals surface area contributed by atoms with Gasteiger partial charge >= 0.3 is 12.0 Å². The van der Waals surface area contributed by atoms with E-state index in [1.165, 1.54) is 19.3 Å². The first-order valence-electron chi connectivity index (χ1n) is 7.71. The van der Waals surface area contributed by atoms with Crippen molar-refractivity contribution in [3.05, 3.63) is 0 Å². The molecule has 0 saturated heterocycles. The third-order valence-electron chi connectivity index (χ3n) is 3.24. The predicted octanol–water partition coefficient (Wildman–Crippen LogP) is 3.15. The zero-order chi connectivity index (χ0) is 15.4. The molecule has 3 N–H and O–H groups in total. The van der Waals surface area contributed by atoms with Crippen molar-refractivity contribution in [3.8, 4) is 0 Å². The largest absolute Gasteiger partial charge is 0.481 e. The van der Waals surface area contributed by atoms with Crippen LogP contribution in [0.5, 0.6) is 0 Å². The highest BCUT2D eigenvalue weighted by atomic mass is 16.4. The van der Waals surface area contributed by atoms with E-state index in [9.17, 15) is 9.59 Å². The van der Waals surface area contributed by atoms with Crippen LogP contribution in [0.2, 0.25) is 0 Å². The van der Waals surface area contributed by atoms with E-state index in [4.69, 9.17) is 5.11 Å². The lowest BCUT2D eigenvalue weighted by Crippen LogP contribution is -2.43. The second kappa shape index (κ2) is 11.6.